The van der Waals surface area contributed by atoms with Gasteiger partial charge in [0.15, 0.2) is 0 Å². The van der Waals surface area contributed by atoms with Crippen molar-refractivity contribution in [3.8, 4) is 33.4 Å². The molecule has 10 aromatic carbocycles. The van der Waals surface area contributed by atoms with Crippen molar-refractivity contribution < 1.29 is 0 Å². The van der Waals surface area contributed by atoms with E-state index in [0.29, 0.717) is 0 Å². The van der Waals surface area contributed by atoms with Crippen LogP contribution in [0.15, 0.2) is 212 Å². The highest BCUT2D eigenvalue weighted by molar-refractivity contribution is 6.13. The number of nitrogens with zero attached hydrogens (tertiary/aromatic N) is 1. The molecule has 248 valence electrons. The Morgan fingerprint density at radius 2 is 0.755 bits per heavy atom. The number of rotatable bonds is 6. The lowest BCUT2D eigenvalue weighted by Gasteiger charge is -2.26. The zero-order chi connectivity index (χ0) is 35.1. The van der Waals surface area contributed by atoms with Crippen LogP contribution in [0.3, 0.4) is 0 Å². The minimum absolute atomic E-state index is 1.10. The minimum Gasteiger partial charge on any atom is -0.310 e. The molecule has 0 heterocycles. The summed E-state index contributed by atoms with van der Waals surface area (Å²) in [5, 5.41) is 10.1. The van der Waals surface area contributed by atoms with Crippen molar-refractivity contribution >= 4 is 60.2 Å². The largest absolute Gasteiger partial charge is 0.310 e. The summed E-state index contributed by atoms with van der Waals surface area (Å²) in [5.74, 6) is 0. The summed E-state index contributed by atoms with van der Waals surface area (Å²) in [5.41, 5.74) is 10.6. The van der Waals surface area contributed by atoms with E-state index in [1.165, 1.54) is 76.5 Å². The predicted molar refractivity (Wildman–Crippen MR) is 227 cm³/mol. The second-order valence-corrected chi connectivity index (χ2v) is 13.8. The van der Waals surface area contributed by atoms with Crippen LogP contribution in [-0.4, -0.2) is 0 Å². The predicted octanol–water partition coefficient (Wildman–Crippen LogP) is 14.8. The van der Waals surface area contributed by atoms with Crippen LogP contribution in [0.25, 0.3) is 76.5 Å². The van der Waals surface area contributed by atoms with Gasteiger partial charge in [0.1, 0.15) is 0 Å². The zero-order valence-electron chi connectivity index (χ0n) is 29.2. The molecule has 0 aromatic heterocycles. The van der Waals surface area contributed by atoms with Gasteiger partial charge in [-0.1, -0.05) is 164 Å². The molecule has 1 nitrogen and oxygen atoms in total. The van der Waals surface area contributed by atoms with Crippen molar-refractivity contribution in [1.29, 1.82) is 0 Å². The van der Waals surface area contributed by atoms with E-state index < -0.39 is 0 Å². The summed E-state index contributed by atoms with van der Waals surface area (Å²) in [6, 6.07) is 77.3. The lowest BCUT2D eigenvalue weighted by atomic mass is 9.93. The first-order valence-electron chi connectivity index (χ1n) is 18.3. The fourth-order valence-electron chi connectivity index (χ4n) is 7.99. The van der Waals surface area contributed by atoms with Gasteiger partial charge in [-0.15, -0.1) is 0 Å². The monoisotopic (exact) mass is 673 g/mol. The third kappa shape index (κ3) is 5.60. The molecule has 0 aliphatic rings. The van der Waals surface area contributed by atoms with Crippen LogP contribution in [0, 0.1) is 0 Å². The van der Waals surface area contributed by atoms with E-state index in [4.69, 9.17) is 0 Å². The molecular weight excluding hydrogens is 639 g/mol. The van der Waals surface area contributed by atoms with Gasteiger partial charge in [-0.25, -0.2) is 0 Å². The van der Waals surface area contributed by atoms with Crippen molar-refractivity contribution in [3.63, 3.8) is 0 Å². The summed E-state index contributed by atoms with van der Waals surface area (Å²) in [6.07, 6.45) is 0. The van der Waals surface area contributed by atoms with E-state index in [0.717, 1.165) is 17.1 Å². The first kappa shape index (κ1) is 30.8. The van der Waals surface area contributed by atoms with Crippen LogP contribution in [0.5, 0.6) is 0 Å². The molecule has 0 aliphatic heterocycles. The smallest absolute Gasteiger partial charge is 0.0467 e. The maximum atomic E-state index is 2.37. The molecular formula is C52H35N. The molecule has 53 heavy (non-hydrogen) atoms. The maximum Gasteiger partial charge on any atom is 0.0467 e. The number of fused-ring (bicyclic) bond motifs is 5. The third-order valence-electron chi connectivity index (χ3n) is 10.6. The van der Waals surface area contributed by atoms with E-state index in [1.807, 2.05) is 0 Å². The van der Waals surface area contributed by atoms with Crippen molar-refractivity contribution in [2.75, 3.05) is 4.90 Å². The van der Waals surface area contributed by atoms with Gasteiger partial charge in [0.2, 0.25) is 0 Å². The molecule has 10 rings (SSSR count). The summed E-state index contributed by atoms with van der Waals surface area (Å²) in [7, 11) is 0. The second kappa shape index (κ2) is 13.0. The Morgan fingerprint density at radius 3 is 1.51 bits per heavy atom. The van der Waals surface area contributed by atoms with Crippen molar-refractivity contribution in [3.05, 3.63) is 212 Å². The van der Waals surface area contributed by atoms with Crippen molar-refractivity contribution in [2.45, 2.75) is 0 Å². The van der Waals surface area contributed by atoms with E-state index in [1.54, 1.807) is 0 Å². The summed E-state index contributed by atoms with van der Waals surface area (Å²) < 4.78 is 0. The van der Waals surface area contributed by atoms with Gasteiger partial charge in [-0.3, -0.25) is 0 Å². The van der Waals surface area contributed by atoms with Gasteiger partial charge < -0.3 is 4.90 Å². The Morgan fingerprint density at radius 1 is 0.226 bits per heavy atom. The van der Waals surface area contributed by atoms with Gasteiger partial charge in [-0.05, 0) is 125 Å². The van der Waals surface area contributed by atoms with E-state index in [2.05, 4.69) is 217 Å². The summed E-state index contributed by atoms with van der Waals surface area (Å²) in [6.45, 7) is 0. The second-order valence-electron chi connectivity index (χ2n) is 13.8. The molecule has 0 radical (unpaired) electrons. The van der Waals surface area contributed by atoms with Crippen LogP contribution >= 0.6 is 0 Å². The average molecular weight is 674 g/mol. The first-order chi connectivity index (χ1) is 26.3. The molecule has 0 atom stereocenters. The van der Waals surface area contributed by atoms with Gasteiger partial charge >= 0.3 is 0 Å². The molecule has 0 N–H and O–H groups in total. The van der Waals surface area contributed by atoms with E-state index >= 15 is 0 Å². The molecule has 0 amide bonds. The lowest BCUT2D eigenvalue weighted by Crippen LogP contribution is -2.10. The number of anilines is 3. The number of hydrogen-bond donors (Lipinski definition) is 0. The van der Waals surface area contributed by atoms with Crippen LogP contribution in [0.2, 0.25) is 0 Å². The molecule has 0 fully saturated rings. The lowest BCUT2D eigenvalue weighted by molar-refractivity contribution is 1.28. The highest BCUT2D eigenvalue weighted by atomic mass is 15.1. The average Bonchev–Trinajstić information content (AvgIpc) is 3.24. The normalized spacial score (nSPS) is 11.4. The molecule has 10 aromatic rings. The number of benzene rings is 10. The molecule has 0 bridgehead atoms. The molecule has 0 saturated heterocycles. The Hall–Kier alpha value is -6.96. The van der Waals surface area contributed by atoms with Gasteiger partial charge in [-0.2, -0.15) is 0 Å². The Balaban J connectivity index is 1.09. The minimum atomic E-state index is 1.10. The third-order valence-corrected chi connectivity index (χ3v) is 10.6. The van der Waals surface area contributed by atoms with E-state index in [9.17, 15) is 0 Å². The van der Waals surface area contributed by atoms with Crippen LogP contribution in [0.4, 0.5) is 17.1 Å². The Kier molecular flexibility index (Phi) is 7.55. The summed E-state index contributed by atoms with van der Waals surface area (Å²) in [4.78, 5) is 2.37. The topological polar surface area (TPSA) is 3.24 Å². The zero-order valence-corrected chi connectivity index (χ0v) is 29.2. The molecule has 0 saturated carbocycles. The highest BCUT2D eigenvalue weighted by Gasteiger charge is 2.16. The van der Waals surface area contributed by atoms with Crippen molar-refractivity contribution in [2.24, 2.45) is 0 Å². The SMILES string of the molecule is c1cc(-c2ccc3ccccc3c2)cc(N(c2ccc(-c3cccc4ccccc34)cc2)c2ccc(-c3cc4ccccc4c4ccccc34)cc2)c1. The quantitative estimate of drug-likeness (QED) is 0.159. The fraction of sp³-hybridized carbons (Fsp3) is 0. The molecule has 0 spiro atoms. The highest BCUT2D eigenvalue weighted by Crippen LogP contribution is 2.41. The van der Waals surface area contributed by atoms with Crippen LogP contribution in [0.1, 0.15) is 0 Å². The number of hydrogen-bond acceptors (Lipinski definition) is 1. The Labute approximate surface area is 309 Å². The summed E-state index contributed by atoms with van der Waals surface area (Å²) >= 11 is 0. The molecule has 0 aliphatic carbocycles. The fourth-order valence-corrected chi connectivity index (χ4v) is 7.99. The van der Waals surface area contributed by atoms with Crippen LogP contribution < -0.4 is 4.90 Å². The van der Waals surface area contributed by atoms with Gasteiger partial charge in [0, 0.05) is 17.1 Å². The first-order valence-corrected chi connectivity index (χ1v) is 18.3. The van der Waals surface area contributed by atoms with E-state index in [-0.39, 0.29) is 0 Å². The van der Waals surface area contributed by atoms with Gasteiger partial charge in [0.05, 0.1) is 0 Å². The van der Waals surface area contributed by atoms with Crippen LogP contribution in [-0.2, 0) is 0 Å². The standard InChI is InChI=1S/C52H35N/c1-2-13-40-33-42(24-23-36(40)11-1)41-16-9-17-46(34-41)53(44-29-25-38(26-30-44)48-22-10-15-37-12-3-5-18-47(37)48)45-31-27-39(28-32-45)52-35-43-14-4-6-19-49(43)50-20-7-8-21-51(50)52/h1-35H. The Bertz CT molecular complexity index is 2930. The van der Waals surface area contributed by atoms with Gasteiger partial charge in [0.25, 0.3) is 0 Å². The van der Waals surface area contributed by atoms with Crippen molar-refractivity contribution in [1.82, 2.24) is 0 Å². The molecule has 1 heteroatoms. The molecule has 0 unspecified atom stereocenters. The maximum absolute atomic E-state index is 2.37.